The second-order valence-corrected chi connectivity index (χ2v) is 5.94. The Morgan fingerprint density at radius 2 is 2.00 bits per heavy atom. The first-order valence-electron chi connectivity index (χ1n) is 7.51. The summed E-state index contributed by atoms with van der Waals surface area (Å²) in [5, 5.41) is 16.0. The van der Waals surface area contributed by atoms with E-state index in [4.69, 9.17) is 5.73 Å². The summed E-state index contributed by atoms with van der Waals surface area (Å²) in [5.74, 6) is -3.69. The number of carbonyl (C=O) groups excluding carboxylic acids is 2. The molecule has 0 saturated heterocycles. The van der Waals surface area contributed by atoms with E-state index in [1.807, 2.05) is 19.1 Å². The molecule has 4 unspecified atom stereocenters. The van der Waals surface area contributed by atoms with E-state index >= 15 is 0 Å². The van der Waals surface area contributed by atoms with Crippen LogP contribution in [0.25, 0.3) is 0 Å². The van der Waals surface area contributed by atoms with Crippen molar-refractivity contribution in [3.8, 4) is 0 Å². The van der Waals surface area contributed by atoms with Gasteiger partial charge in [-0.05, 0) is 25.2 Å². The van der Waals surface area contributed by atoms with Crippen LogP contribution < -0.4 is 11.1 Å². The molecule has 2 aliphatic rings. The molecule has 2 bridgehead atoms. The number of aromatic nitrogens is 2. The van der Waals surface area contributed by atoms with Gasteiger partial charge in [0.1, 0.15) is 0 Å². The summed E-state index contributed by atoms with van der Waals surface area (Å²) in [6.07, 6.45) is 5.97. The number of hydrogen-bond donors (Lipinski definition) is 3. The lowest BCUT2D eigenvalue weighted by Gasteiger charge is -2.23. The SMILES string of the molecule is CCn1cc(NC(=O)C2C3C=CC(C3)C2C(=O)O)c(C(N)=O)n1. The Morgan fingerprint density at radius 1 is 1.35 bits per heavy atom. The van der Waals surface area contributed by atoms with Gasteiger partial charge in [-0.3, -0.25) is 19.1 Å². The van der Waals surface area contributed by atoms with Gasteiger partial charge in [-0.1, -0.05) is 12.2 Å². The molecule has 0 aliphatic heterocycles. The van der Waals surface area contributed by atoms with Crippen molar-refractivity contribution >= 4 is 23.5 Å². The number of hydrogen-bond acceptors (Lipinski definition) is 4. The molecule has 4 N–H and O–H groups in total. The third kappa shape index (κ3) is 2.49. The maximum Gasteiger partial charge on any atom is 0.307 e. The predicted octanol–water partition coefficient (Wildman–Crippen LogP) is 0.463. The molecule has 4 atom stereocenters. The van der Waals surface area contributed by atoms with Gasteiger partial charge < -0.3 is 16.2 Å². The van der Waals surface area contributed by atoms with Crippen molar-refractivity contribution < 1.29 is 19.5 Å². The van der Waals surface area contributed by atoms with Crippen molar-refractivity contribution in [3.63, 3.8) is 0 Å². The Labute approximate surface area is 132 Å². The molecule has 3 rings (SSSR count). The Balaban J connectivity index is 1.85. The van der Waals surface area contributed by atoms with Crippen LogP contribution in [0.4, 0.5) is 5.69 Å². The first-order valence-corrected chi connectivity index (χ1v) is 7.51. The summed E-state index contributed by atoms with van der Waals surface area (Å²) >= 11 is 0. The van der Waals surface area contributed by atoms with Crippen LogP contribution in [0, 0.1) is 23.7 Å². The van der Waals surface area contributed by atoms with Gasteiger partial charge in [0.25, 0.3) is 5.91 Å². The summed E-state index contributed by atoms with van der Waals surface area (Å²) in [5.41, 5.74) is 5.48. The number of carboxylic acids is 1. The summed E-state index contributed by atoms with van der Waals surface area (Å²) in [6.45, 7) is 2.36. The fraction of sp³-hybridized carbons (Fsp3) is 0.467. The summed E-state index contributed by atoms with van der Waals surface area (Å²) in [6, 6.07) is 0. The van der Waals surface area contributed by atoms with Gasteiger partial charge >= 0.3 is 5.97 Å². The van der Waals surface area contributed by atoms with E-state index in [0.29, 0.717) is 13.0 Å². The molecule has 0 spiro atoms. The number of fused-ring (bicyclic) bond motifs is 2. The summed E-state index contributed by atoms with van der Waals surface area (Å²) in [4.78, 5) is 35.5. The third-order valence-corrected chi connectivity index (χ3v) is 4.62. The molecule has 23 heavy (non-hydrogen) atoms. The van der Waals surface area contributed by atoms with E-state index in [2.05, 4.69) is 10.4 Å². The zero-order chi connectivity index (χ0) is 16.7. The van der Waals surface area contributed by atoms with Crippen LogP contribution in [0.15, 0.2) is 18.3 Å². The minimum atomic E-state index is -0.971. The average Bonchev–Trinajstić information content (AvgIpc) is 3.19. The molecule has 8 nitrogen and oxygen atoms in total. The second-order valence-electron chi connectivity index (χ2n) is 5.94. The normalized spacial score (nSPS) is 28.0. The van der Waals surface area contributed by atoms with Crippen molar-refractivity contribution in [2.75, 3.05) is 5.32 Å². The van der Waals surface area contributed by atoms with E-state index in [0.717, 1.165) is 0 Å². The highest BCUT2D eigenvalue weighted by Crippen LogP contribution is 2.48. The summed E-state index contributed by atoms with van der Waals surface area (Å²) < 4.78 is 1.49. The van der Waals surface area contributed by atoms with Crippen molar-refractivity contribution in [1.29, 1.82) is 0 Å². The quantitative estimate of drug-likeness (QED) is 0.680. The van der Waals surface area contributed by atoms with E-state index in [1.54, 1.807) is 0 Å². The van der Waals surface area contributed by atoms with Gasteiger partial charge in [-0.15, -0.1) is 0 Å². The number of allylic oxidation sites excluding steroid dienone is 2. The lowest BCUT2D eigenvalue weighted by Crippen LogP contribution is -2.36. The molecule has 0 radical (unpaired) electrons. The number of rotatable bonds is 5. The molecule has 1 aromatic heterocycles. The number of nitrogens with two attached hydrogens (primary N) is 1. The summed E-state index contributed by atoms with van der Waals surface area (Å²) in [7, 11) is 0. The third-order valence-electron chi connectivity index (χ3n) is 4.62. The van der Waals surface area contributed by atoms with Crippen molar-refractivity contribution in [3.05, 3.63) is 24.0 Å². The number of aryl methyl sites for hydroxylation is 1. The van der Waals surface area contributed by atoms with Gasteiger partial charge in [-0.25, -0.2) is 0 Å². The highest BCUT2D eigenvalue weighted by molar-refractivity contribution is 6.03. The molecule has 1 saturated carbocycles. The van der Waals surface area contributed by atoms with Crippen molar-refractivity contribution in [2.45, 2.75) is 19.9 Å². The first-order chi connectivity index (χ1) is 10.9. The van der Waals surface area contributed by atoms with Gasteiger partial charge in [-0.2, -0.15) is 5.10 Å². The van der Waals surface area contributed by atoms with Gasteiger partial charge in [0.2, 0.25) is 5.91 Å². The molecule has 0 aromatic carbocycles. The zero-order valence-electron chi connectivity index (χ0n) is 12.6. The molecule has 2 aliphatic carbocycles. The van der Waals surface area contributed by atoms with Gasteiger partial charge in [0.05, 0.1) is 17.5 Å². The molecule has 2 amide bonds. The largest absolute Gasteiger partial charge is 0.481 e. The molecule has 1 heterocycles. The average molecular weight is 318 g/mol. The second kappa shape index (κ2) is 5.53. The lowest BCUT2D eigenvalue weighted by molar-refractivity contribution is -0.146. The van der Waals surface area contributed by atoms with E-state index in [-0.39, 0.29) is 23.2 Å². The number of carbonyl (C=O) groups is 3. The highest BCUT2D eigenvalue weighted by Gasteiger charge is 2.51. The molecular formula is C15H18N4O4. The maximum atomic E-state index is 12.6. The number of nitrogens with zero attached hydrogens (tertiary/aromatic N) is 2. The number of aliphatic carboxylic acids is 1. The number of anilines is 1. The van der Waals surface area contributed by atoms with Gasteiger partial charge in [0.15, 0.2) is 5.69 Å². The Morgan fingerprint density at radius 3 is 2.57 bits per heavy atom. The lowest BCUT2D eigenvalue weighted by atomic mass is 9.82. The van der Waals surface area contributed by atoms with Crippen LogP contribution >= 0.6 is 0 Å². The molecule has 122 valence electrons. The van der Waals surface area contributed by atoms with E-state index in [1.165, 1.54) is 10.9 Å². The Kier molecular flexibility index (Phi) is 3.67. The van der Waals surface area contributed by atoms with Crippen molar-refractivity contribution in [2.24, 2.45) is 29.4 Å². The van der Waals surface area contributed by atoms with Crippen LogP contribution in [0.2, 0.25) is 0 Å². The molecule has 8 heteroatoms. The highest BCUT2D eigenvalue weighted by atomic mass is 16.4. The van der Waals surface area contributed by atoms with Crippen LogP contribution in [-0.2, 0) is 16.1 Å². The number of primary amides is 1. The fourth-order valence-electron chi connectivity index (χ4n) is 3.59. The van der Waals surface area contributed by atoms with E-state index < -0.39 is 29.6 Å². The van der Waals surface area contributed by atoms with Crippen LogP contribution in [0.5, 0.6) is 0 Å². The molecule has 1 fully saturated rings. The first kappa shape index (κ1) is 15.3. The molecule has 1 aromatic rings. The number of carboxylic acid groups (broad SMARTS) is 1. The standard InChI is InChI=1S/C15H18N4O4/c1-2-19-6-9(12(18-19)13(16)20)17-14(21)10-7-3-4-8(5-7)11(10)15(22)23/h3-4,6-8,10-11H,2,5H2,1H3,(H2,16,20)(H,17,21)(H,22,23). The number of nitrogens with one attached hydrogen (secondary N) is 1. The fourth-order valence-corrected chi connectivity index (χ4v) is 3.59. The monoisotopic (exact) mass is 318 g/mol. The Hall–Kier alpha value is -2.64. The smallest absolute Gasteiger partial charge is 0.307 e. The predicted molar refractivity (Wildman–Crippen MR) is 80.4 cm³/mol. The van der Waals surface area contributed by atoms with Gasteiger partial charge in [0, 0.05) is 12.7 Å². The zero-order valence-corrected chi connectivity index (χ0v) is 12.6. The topological polar surface area (TPSA) is 127 Å². The van der Waals surface area contributed by atoms with Crippen LogP contribution in [0.3, 0.4) is 0 Å². The van der Waals surface area contributed by atoms with Crippen LogP contribution in [-0.4, -0.2) is 32.7 Å². The molecular weight excluding hydrogens is 300 g/mol. The Bertz CT molecular complexity index is 708. The van der Waals surface area contributed by atoms with E-state index in [9.17, 15) is 19.5 Å². The maximum absolute atomic E-state index is 12.6. The minimum absolute atomic E-state index is 0.0224. The minimum Gasteiger partial charge on any atom is -0.481 e. The van der Waals surface area contributed by atoms with Crippen molar-refractivity contribution in [1.82, 2.24) is 9.78 Å². The number of amides is 2. The van der Waals surface area contributed by atoms with Crippen LogP contribution in [0.1, 0.15) is 23.8 Å².